The van der Waals surface area contributed by atoms with Gasteiger partial charge in [0.05, 0.1) is 54.3 Å². The molecule has 8 aromatic heterocycles. The second-order valence-electron chi connectivity index (χ2n) is 21.5. The first-order valence-electron chi connectivity index (χ1n) is 28.4. The monoisotopic (exact) mass is 1360 g/mol. The third-order valence-electron chi connectivity index (χ3n) is 15.0. The minimum absolute atomic E-state index is 0.0197. The van der Waals surface area contributed by atoms with Gasteiger partial charge in [-0.1, -0.05) is 44.2 Å². The first-order valence-corrected chi connectivity index (χ1v) is 33.6. The van der Waals surface area contributed by atoms with E-state index in [2.05, 4.69) is 36.6 Å². The summed E-state index contributed by atoms with van der Waals surface area (Å²) in [4.78, 5) is 148. The number of nitrogens with zero attached hydrogens (tertiary/aromatic N) is 9. The number of methoxy groups -OCH3 is 1. The van der Waals surface area contributed by atoms with Gasteiger partial charge in [-0.05, 0) is 56.2 Å². The molecular weight excluding hydrogens is 1310 g/mol. The zero-order valence-corrected chi connectivity index (χ0v) is 54.2. The number of ether oxygens (including phenoxy) is 1. The summed E-state index contributed by atoms with van der Waals surface area (Å²) in [7, 11) is 2.91. The van der Waals surface area contributed by atoms with Gasteiger partial charge in [0.2, 0.25) is 23.5 Å². The molecule has 6 amide bonds. The summed E-state index contributed by atoms with van der Waals surface area (Å²) >= 11 is 6.85. The summed E-state index contributed by atoms with van der Waals surface area (Å²) in [5, 5.41) is 53.9. The lowest BCUT2D eigenvalue weighted by atomic mass is 9.81. The minimum atomic E-state index is -1.42. The third-order valence-corrected chi connectivity index (χ3v) is 20.7. The maximum Gasteiger partial charge on any atom is 0.373 e. The number of pyridine rings is 1. The summed E-state index contributed by atoms with van der Waals surface area (Å²) < 4.78 is 11.0. The number of carboxylic acids is 2. The number of amides is 6. The van der Waals surface area contributed by atoms with Crippen molar-refractivity contribution in [1.82, 2.24) is 66.5 Å². The van der Waals surface area contributed by atoms with Crippen LogP contribution in [-0.2, 0) is 30.5 Å². The van der Waals surface area contributed by atoms with Crippen LogP contribution >= 0.6 is 68.0 Å². The molecule has 92 heavy (non-hydrogen) atoms. The molecule has 10 bridgehead atoms. The van der Waals surface area contributed by atoms with Crippen molar-refractivity contribution in [2.45, 2.75) is 83.7 Å². The molecule has 1 aliphatic heterocycles. The van der Waals surface area contributed by atoms with Crippen LogP contribution in [0.2, 0.25) is 0 Å². The van der Waals surface area contributed by atoms with Crippen LogP contribution in [0.1, 0.15) is 143 Å². The number of hydrogen-bond donors (Lipinski definition) is 8. The first-order chi connectivity index (χ1) is 44.2. The van der Waals surface area contributed by atoms with Crippen LogP contribution in [0, 0.1) is 24.7 Å². The standard InChI is InChI=1S/C59H56N14O13S6/c1-25(2)41-55-72-44(37(92-55)20-85-5)48(78)61-19-40(75)69-45(46(76)27-9-7-6-8-10-27)54-67-35(23-89-54)52-65-33(21-88-52)43-30(50-66-34(22-87-50)47(77)64-32(17-39(74)60-4)53-71-42(26(3)91-53)49(79)70-41)15-16-31(63-43)51-68-38(24-90-51)73(59-62-18-36(86-59)58(83)84)56(80)28-11-13-29(14-12-28)57(81)82/h6-10,15-16,18,21-25,28-29,32,41,45-46,76H,11-14,17,19-20H2,1-5H3,(H,60,74)(H,61,78)(H,64,77)(H,69,75)(H,70,79)(H,81,82)(H,83,84)/t28?,29?,32-,41-,45-,46-/m0/s1. The number of anilines is 2. The van der Waals surface area contributed by atoms with Gasteiger partial charge < -0.3 is 51.1 Å². The Hall–Kier alpha value is -8.96. The molecule has 9 heterocycles. The van der Waals surface area contributed by atoms with Crippen molar-refractivity contribution in [1.29, 1.82) is 0 Å². The maximum absolute atomic E-state index is 14.4. The summed E-state index contributed by atoms with van der Waals surface area (Å²) in [6, 6.07) is 8.76. The minimum Gasteiger partial charge on any atom is -0.481 e. The number of aliphatic hydroxyl groups is 1. The predicted molar refractivity (Wildman–Crippen MR) is 341 cm³/mol. The zero-order chi connectivity index (χ0) is 65.1. The molecule has 476 valence electrons. The van der Waals surface area contributed by atoms with Crippen molar-refractivity contribution < 1.29 is 62.8 Å². The normalized spacial score (nSPS) is 18.4. The highest BCUT2D eigenvalue weighted by Gasteiger charge is 2.38. The van der Waals surface area contributed by atoms with Gasteiger partial charge in [-0.25, -0.2) is 49.6 Å². The van der Waals surface area contributed by atoms with Crippen molar-refractivity contribution in [2.75, 3.05) is 25.6 Å². The molecule has 0 unspecified atom stereocenters. The number of carbonyl (C=O) groups is 8. The van der Waals surface area contributed by atoms with Crippen LogP contribution in [0.5, 0.6) is 0 Å². The third kappa shape index (κ3) is 13.9. The number of aliphatic hydroxyl groups excluding tert-OH is 1. The van der Waals surface area contributed by atoms with Crippen molar-refractivity contribution in [3.8, 4) is 43.4 Å². The summed E-state index contributed by atoms with van der Waals surface area (Å²) in [5.41, 5.74) is 2.11. The topological polar surface area (TPSA) is 386 Å². The van der Waals surface area contributed by atoms with Gasteiger partial charge in [0, 0.05) is 52.0 Å². The Bertz CT molecular complexity index is 4280. The highest BCUT2D eigenvalue weighted by atomic mass is 32.1. The number of fused-ring (bicyclic) bond motifs is 14. The smallest absolute Gasteiger partial charge is 0.373 e. The Morgan fingerprint density at radius 3 is 2.12 bits per heavy atom. The predicted octanol–water partition coefficient (Wildman–Crippen LogP) is 8.55. The number of hydrogen-bond acceptors (Lipinski definition) is 25. The summed E-state index contributed by atoms with van der Waals surface area (Å²) in [5.74, 6) is -8.00. The fraction of sp³-hybridized carbons (Fsp3) is 0.322. The van der Waals surface area contributed by atoms with Gasteiger partial charge in [-0.2, -0.15) is 0 Å². The highest BCUT2D eigenvalue weighted by molar-refractivity contribution is 7.15. The molecular formula is C59H56N14O13S6. The molecule has 0 saturated heterocycles. The molecule has 1 fully saturated rings. The van der Waals surface area contributed by atoms with Crippen LogP contribution in [0.3, 0.4) is 0 Å². The number of oxazole rings is 1. The van der Waals surface area contributed by atoms with Crippen LogP contribution < -0.4 is 31.5 Å². The Kier molecular flexibility index (Phi) is 19.6. The molecule has 8 N–H and O–H groups in total. The number of nitrogens with one attached hydrogen (secondary N) is 5. The second kappa shape index (κ2) is 27.9. The highest BCUT2D eigenvalue weighted by Crippen LogP contribution is 2.42. The van der Waals surface area contributed by atoms with E-state index in [4.69, 9.17) is 39.1 Å². The van der Waals surface area contributed by atoms with Gasteiger partial charge in [0.1, 0.15) is 76.4 Å². The van der Waals surface area contributed by atoms with E-state index in [1.807, 2.05) is 13.8 Å². The zero-order valence-electron chi connectivity index (χ0n) is 49.3. The Labute approximate surface area is 546 Å². The van der Waals surface area contributed by atoms with E-state index < -0.39 is 95.8 Å². The van der Waals surface area contributed by atoms with E-state index in [0.717, 1.165) is 67.8 Å². The van der Waals surface area contributed by atoms with Gasteiger partial charge in [0.15, 0.2) is 5.82 Å². The number of aromatic carboxylic acids is 1. The van der Waals surface area contributed by atoms with Crippen molar-refractivity contribution >= 4 is 127 Å². The molecule has 11 rings (SSSR count). The number of rotatable bonds is 13. The average Bonchev–Trinajstić information content (AvgIpc) is 1.73. The van der Waals surface area contributed by atoms with Gasteiger partial charge in [0.25, 0.3) is 17.7 Å². The Morgan fingerprint density at radius 2 is 1.40 bits per heavy atom. The number of carbonyl (C=O) groups excluding carboxylic acids is 6. The van der Waals surface area contributed by atoms with Crippen LogP contribution in [-0.4, -0.2) is 123 Å². The number of thiazole rings is 6. The number of aliphatic carboxylic acids is 1. The van der Waals surface area contributed by atoms with E-state index in [1.165, 1.54) is 30.9 Å². The number of aromatic nitrogens is 8. The lowest BCUT2D eigenvalue weighted by Gasteiger charge is -2.28. The number of benzene rings is 1. The van der Waals surface area contributed by atoms with Crippen LogP contribution in [0.25, 0.3) is 43.4 Å². The Balaban J connectivity index is 0.994. The SMILES string of the molecule is CNC(=O)C[C@@H]1NC(=O)c2csc(n2)-c2ccc(-c3nc(N(C(=O)C4CCC(C(=O)O)CC4)c4ncc(C(=O)O)o4)cs3)nc2-c2csc(n2)-c2csc(n2)[C@H]([C@@H](O)c2ccccc2)NC(=O)CNC(=O)c2nc(sc2COC)[C@H](C(C)C)NC(=O)c2nc1sc2C. The molecule has 2 aliphatic rings. The quantitative estimate of drug-likeness (QED) is 0.0535. The van der Waals surface area contributed by atoms with E-state index >= 15 is 0 Å². The molecule has 0 spiro atoms. The summed E-state index contributed by atoms with van der Waals surface area (Å²) in [6.07, 6.45) is 0.361. The van der Waals surface area contributed by atoms with E-state index in [0.29, 0.717) is 52.3 Å². The van der Waals surface area contributed by atoms with Gasteiger partial charge in [-0.3, -0.25) is 33.6 Å². The van der Waals surface area contributed by atoms with Gasteiger partial charge in [-0.15, -0.1) is 68.0 Å². The maximum atomic E-state index is 14.4. The van der Waals surface area contributed by atoms with Crippen LogP contribution in [0.4, 0.5) is 11.8 Å². The molecule has 33 heteroatoms. The van der Waals surface area contributed by atoms with E-state index in [-0.39, 0.29) is 94.9 Å². The lowest BCUT2D eigenvalue weighted by molar-refractivity contribution is -0.144. The van der Waals surface area contributed by atoms with Crippen LogP contribution in [0.15, 0.2) is 74.6 Å². The molecule has 1 aliphatic carbocycles. The molecule has 1 aromatic carbocycles. The molecule has 27 nitrogen and oxygen atoms in total. The lowest BCUT2D eigenvalue weighted by Crippen LogP contribution is -2.40. The van der Waals surface area contributed by atoms with E-state index in [1.54, 1.807) is 65.5 Å². The Morgan fingerprint density at radius 1 is 0.707 bits per heavy atom. The van der Waals surface area contributed by atoms with Crippen molar-refractivity contribution in [3.63, 3.8) is 0 Å². The largest absolute Gasteiger partial charge is 0.481 e. The molecule has 0 radical (unpaired) electrons. The first kappa shape index (κ1) is 64.6. The number of carboxylic acid groups (broad SMARTS) is 2. The molecule has 1 saturated carbocycles. The average molecular weight is 1360 g/mol. The van der Waals surface area contributed by atoms with Crippen molar-refractivity contribution in [2.24, 2.45) is 17.8 Å². The second-order valence-corrected chi connectivity index (χ2v) is 27.3. The fourth-order valence-corrected chi connectivity index (χ4v) is 15.8. The number of aryl methyl sites for hydroxylation is 1. The summed E-state index contributed by atoms with van der Waals surface area (Å²) in [6.45, 7) is 4.86. The van der Waals surface area contributed by atoms with Gasteiger partial charge >= 0.3 is 18.0 Å². The molecule has 9 aromatic rings. The van der Waals surface area contributed by atoms with Crippen molar-refractivity contribution in [3.05, 3.63) is 123 Å². The molecule has 4 atom stereocenters. The fourth-order valence-electron chi connectivity index (χ4n) is 10.2. The van der Waals surface area contributed by atoms with E-state index in [9.17, 15) is 53.7 Å².